The maximum Gasteiger partial charge on any atom is 0.323 e. The zero-order valence-electron chi connectivity index (χ0n) is 25.5. The summed E-state index contributed by atoms with van der Waals surface area (Å²) in [5.74, 6) is 1.13. The number of methoxy groups -OCH3 is 1. The molecule has 0 N–H and O–H groups in total. The average molecular weight is 600 g/mol. The lowest BCUT2D eigenvalue weighted by Gasteiger charge is -2.21. The van der Waals surface area contributed by atoms with Crippen LogP contribution in [0.5, 0.6) is 17.6 Å². The van der Waals surface area contributed by atoms with E-state index in [4.69, 9.17) is 24.2 Å². The minimum absolute atomic E-state index is 0.153. The van der Waals surface area contributed by atoms with Gasteiger partial charge < -0.3 is 18.9 Å². The van der Waals surface area contributed by atoms with Gasteiger partial charge in [0.15, 0.2) is 5.82 Å². The first-order valence-corrected chi connectivity index (χ1v) is 17.7. The van der Waals surface area contributed by atoms with Crippen LogP contribution in [0.2, 0.25) is 25.7 Å². The third-order valence-electron chi connectivity index (χ3n) is 6.57. The smallest absolute Gasteiger partial charge is 0.323 e. The van der Waals surface area contributed by atoms with Crippen molar-refractivity contribution in [2.45, 2.75) is 46.3 Å². The molecular formula is C32H37N5O5Si. The number of nitriles is 1. The molecule has 0 amide bonds. The molecule has 0 unspecified atom stereocenters. The second kappa shape index (κ2) is 13.6. The Labute approximate surface area is 253 Å². The molecule has 43 heavy (non-hydrogen) atoms. The molecule has 0 aliphatic carbocycles. The highest BCUT2D eigenvalue weighted by molar-refractivity contribution is 6.76. The van der Waals surface area contributed by atoms with Gasteiger partial charge in [0.2, 0.25) is 5.88 Å². The Morgan fingerprint density at radius 3 is 2.26 bits per heavy atom. The van der Waals surface area contributed by atoms with Crippen molar-refractivity contribution in [1.29, 1.82) is 5.26 Å². The number of hydrogen-bond donors (Lipinski definition) is 0. The van der Waals surface area contributed by atoms with E-state index in [1.165, 1.54) is 7.11 Å². The van der Waals surface area contributed by atoms with Gasteiger partial charge in [-0.2, -0.15) is 14.9 Å². The van der Waals surface area contributed by atoms with Crippen molar-refractivity contribution >= 4 is 14.0 Å². The first kappa shape index (κ1) is 31.4. The molecule has 224 valence electrons. The fourth-order valence-electron chi connectivity index (χ4n) is 3.88. The van der Waals surface area contributed by atoms with Crippen molar-refractivity contribution in [2.75, 3.05) is 20.3 Å². The lowest BCUT2D eigenvalue weighted by Crippen LogP contribution is -2.32. The highest BCUT2D eigenvalue weighted by atomic mass is 28.3. The van der Waals surface area contributed by atoms with Gasteiger partial charge in [0, 0.05) is 38.1 Å². The van der Waals surface area contributed by atoms with Crippen LogP contribution in [0.3, 0.4) is 0 Å². The molecule has 0 atom stereocenters. The van der Waals surface area contributed by atoms with E-state index in [1.807, 2.05) is 30.3 Å². The van der Waals surface area contributed by atoms with Gasteiger partial charge in [-0.25, -0.2) is 4.98 Å². The van der Waals surface area contributed by atoms with Gasteiger partial charge in [0.05, 0.1) is 24.2 Å². The van der Waals surface area contributed by atoms with Crippen molar-refractivity contribution < 1.29 is 23.7 Å². The molecule has 0 radical (unpaired) electrons. The predicted molar refractivity (Wildman–Crippen MR) is 165 cm³/mol. The Bertz CT molecular complexity index is 1550. The highest BCUT2D eigenvalue weighted by Gasteiger charge is 2.30. The van der Waals surface area contributed by atoms with Crippen LogP contribution in [0.15, 0.2) is 66.9 Å². The first-order chi connectivity index (χ1) is 20.5. The van der Waals surface area contributed by atoms with Crippen LogP contribution in [0, 0.1) is 16.7 Å². The van der Waals surface area contributed by atoms with Crippen LogP contribution in [0.4, 0.5) is 0 Å². The number of ether oxygens (including phenoxy) is 4. The molecule has 0 spiro atoms. The van der Waals surface area contributed by atoms with Crippen molar-refractivity contribution in [3.8, 4) is 46.2 Å². The van der Waals surface area contributed by atoms with Crippen LogP contribution in [0.1, 0.15) is 19.4 Å². The predicted octanol–water partition coefficient (Wildman–Crippen LogP) is 6.56. The number of pyridine rings is 1. The van der Waals surface area contributed by atoms with Crippen LogP contribution >= 0.6 is 0 Å². The van der Waals surface area contributed by atoms with Crippen molar-refractivity contribution in [2.24, 2.45) is 5.41 Å². The zero-order valence-corrected chi connectivity index (χ0v) is 26.5. The summed E-state index contributed by atoms with van der Waals surface area (Å²) in [7, 11) is 0.123. The van der Waals surface area contributed by atoms with E-state index in [0.29, 0.717) is 35.6 Å². The SMILES string of the molecule is COC(=O)C(C)(C)COc1ccc(-c2ccc(-c3nc(Oc4ccc(C#N)cc4)n(COCC[Si](C)(C)C)n3)cc2)cn1. The number of aromatic nitrogens is 4. The number of carbonyl (C=O) groups is 1. The molecule has 0 saturated carbocycles. The molecule has 2 heterocycles. The fourth-order valence-corrected chi connectivity index (χ4v) is 4.64. The van der Waals surface area contributed by atoms with Crippen LogP contribution in [0.25, 0.3) is 22.5 Å². The number of esters is 1. The number of hydrogen-bond acceptors (Lipinski definition) is 9. The monoisotopic (exact) mass is 599 g/mol. The molecule has 0 aliphatic heterocycles. The number of carbonyl (C=O) groups excluding carboxylic acids is 1. The molecule has 0 fully saturated rings. The third kappa shape index (κ3) is 8.73. The second-order valence-electron chi connectivity index (χ2n) is 11.9. The van der Waals surface area contributed by atoms with Gasteiger partial charge >= 0.3 is 12.0 Å². The molecule has 2 aromatic carbocycles. The van der Waals surface area contributed by atoms with Gasteiger partial charge in [-0.3, -0.25) is 4.79 Å². The van der Waals surface area contributed by atoms with Crippen molar-refractivity contribution in [3.05, 3.63) is 72.4 Å². The summed E-state index contributed by atoms with van der Waals surface area (Å²) in [5.41, 5.74) is 2.45. The molecule has 11 heteroatoms. The first-order valence-electron chi connectivity index (χ1n) is 14.0. The Morgan fingerprint density at radius 1 is 0.977 bits per heavy atom. The second-order valence-corrected chi connectivity index (χ2v) is 17.6. The van der Waals surface area contributed by atoms with E-state index >= 15 is 0 Å². The average Bonchev–Trinajstić information content (AvgIpc) is 3.40. The summed E-state index contributed by atoms with van der Waals surface area (Å²) in [5, 5.41) is 13.8. The van der Waals surface area contributed by atoms with E-state index < -0.39 is 13.5 Å². The minimum atomic E-state index is -1.24. The fraction of sp³-hybridized carbons (Fsp3) is 0.344. The maximum absolute atomic E-state index is 11.9. The molecule has 2 aromatic heterocycles. The standard InChI is InChI=1S/C32H37N5O5Si/c1-32(2,30(38)39-3)21-41-28-16-13-26(20-34-28)24-9-11-25(12-10-24)29-35-31(42-27-14-7-23(19-33)8-15-27)37(36-29)22-40-17-18-43(4,5)6/h7-16,20H,17-18,21-22H2,1-6H3. The van der Waals surface area contributed by atoms with Crippen LogP contribution in [-0.2, 0) is 21.0 Å². The van der Waals surface area contributed by atoms with E-state index in [1.54, 1.807) is 55.1 Å². The van der Waals surface area contributed by atoms with Gasteiger partial charge in [-0.1, -0.05) is 43.9 Å². The molecule has 0 saturated heterocycles. The summed E-state index contributed by atoms with van der Waals surface area (Å²) in [6.45, 7) is 11.4. The number of rotatable bonds is 13. The Hall–Kier alpha value is -4.53. The molecule has 0 bridgehead atoms. The Morgan fingerprint density at radius 2 is 1.65 bits per heavy atom. The summed E-state index contributed by atoms with van der Waals surface area (Å²) < 4.78 is 24.1. The Kier molecular flexibility index (Phi) is 9.95. The normalized spacial score (nSPS) is 11.6. The zero-order chi connectivity index (χ0) is 31.0. The van der Waals surface area contributed by atoms with Crippen LogP contribution < -0.4 is 9.47 Å². The molecule has 4 rings (SSSR count). The minimum Gasteiger partial charge on any atom is -0.476 e. The van der Waals surface area contributed by atoms with Crippen molar-refractivity contribution in [1.82, 2.24) is 19.7 Å². The number of nitrogens with zero attached hydrogens (tertiary/aromatic N) is 5. The van der Waals surface area contributed by atoms with E-state index in [9.17, 15) is 4.79 Å². The van der Waals surface area contributed by atoms with Gasteiger partial charge in [-0.15, -0.1) is 5.10 Å². The Balaban J connectivity index is 1.48. The molecule has 4 aromatic rings. The summed E-state index contributed by atoms with van der Waals surface area (Å²) in [4.78, 5) is 20.9. The summed E-state index contributed by atoms with van der Waals surface area (Å²) in [6, 6.07) is 21.8. The summed E-state index contributed by atoms with van der Waals surface area (Å²) >= 11 is 0. The third-order valence-corrected chi connectivity index (χ3v) is 8.28. The number of benzene rings is 2. The molecular weight excluding hydrogens is 562 g/mol. The van der Waals surface area contributed by atoms with Crippen molar-refractivity contribution in [3.63, 3.8) is 0 Å². The molecule has 10 nitrogen and oxygen atoms in total. The van der Waals surface area contributed by atoms with Gasteiger partial charge in [0.25, 0.3) is 0 Å². The van der Waals surface area contributed by atoms with E-state index in [0.717, 1.165) is 22.7 Å². The largest absolute Gasteiger partial charge is 0.476 e. The lowest BCUT2D eigenvalue weighted by molar-refractivity contribution is -0.152. The lowest BCUT2D eigenvalue weighted by atomic mass is 9.95. The van der Waals surface area contributed by atoms with Gasteiger partial charge in [0.1, 0.15) is 19.1 Å². The van der Waals surface area contributed by atoms with Crippen LogP contribution in [-0.4, -0.2) is 54.1 Å². The van der Waals surface area contributed by atoms with Gasteiger partial charge in [-0.05, 0) is 55.8 Å². The topological polar surface area (TPSA) is 121 Å². The maximum atomic E-state index is 11.9. The van der Waals surface area contributed by atoms with E-state index in [-0.39, 0.29) is 19.3 Å². The highest BCUT2D eigenvalue weighted by Crippen LogP contribution is 2.28. The summed E-state index contributed by atoms with van der Waals surface area (Å²) in [6.07, 6.45) is 1.73. The molecule has 0 aliphatic rings. The quantitative estimate of drug-likeness (QED) is 0.0955. The van der Waals surface area contributed by atoms with E-state index in [2.05, 4.69) is 40.8 Å².